The predicted molar refractivity (Wildman–Crippen MR) is 165 cm³/mol. The summed E-state index contributed by atoms with van der Waals surface area (Å²) < 4.78 is 32.6. The summed E-state index contributed by atoms with van der Waals surface area (Å²) in [6.45, 7) is 0.139. The summed E-state index contributed by atoms with van der Waals surface area (Å²) in [5, 5.41) is 43.7. The van der Waals surface area contributed by atoms with Crippen molar-refractivity contribution in [2.24, 2.45) is 0 Å². The lowest BCUT2D eigenvalue weighted by atomic mass is 9.93. The van der Waals surface area contributed by atoms with Gasteiger partial charge in [-0.1, -0.05) is 53.5 Å². The molecular weight excluding hydrogens is 633 g/mol. The van der Waals surface area contributed by atoms with Gasteiger partial charge in [-0.2, -0.15) is 0 Å². The second-order valence-electron chi connectivity index (χ2n) is 11.0. The number of amides is 1. The summed E-state index contributed by atoms with van der Waals surface area (Å²) >= 11 is 12.3. The van der Waals surface area contributed by atoms with E-state index in [0.717, 1.165) is 17.4 Å². The first-order chi connectivity index (χ1) is 20.9. The van der Waals surface area contributed by atoms with Crippen LogP contribution in [0.1, 0.15) is 27.5 Å². The summed E-state index contributed by atoms with van der Waals surface area (Å²) in [6, 6.07) is 18.9. The maximum Gasteiger partial charge on any atom is 0.251 e. The number of rotatable bonds is 9. The molecule has 11 nitrogen and oxygen atoms in total. The second-order valence-corrected chi connectivity index (χ2v) is 13.7. The second kappa shape index (κ2) is 13.3. The standard InChI is InChI=1S/C30H33Cl2N3O8S/c1-44(41,42)35(22-4-2-3-19(13-22)29(39)33-25-28(38)27(37)24(16-36)43-30(25)40)23-14-34(15-23)26(17-5-9-20(31)10-6-17)18-7-11-21(32)12-8-18/h2-13,23-28,30,36-38,40H,14-16H2,1H3,(H,33,39)/t24-,25-,27-,28-,30-/m1/s1. The molecule has 3 aromatic rings. The highest BCUT2D eigenvalue weighted by Crippen LogP contribution is 2.37. The molecule has 0 unspecified atom stereocenters. The van der Waals surface area contributed by atoms with Crippen molar-refractivity contribution in [3.63, 3.8) is 0 Å². The average Bonchev–Trinajstić information content (AvgIpc) is 2.97. The highest BCUT2D eigenvalue weighted by molar-refractivity contribution is 7.92. The Hall–Kier alpha value is -2.78. The van der Waals surface area contributed by atoms with Crippen molar-refractivity contribution in [1.29, 1.82) is 0 Å². The van der Waals surface area contributed by atoms with Crippen molar-refractivity contribution in [3.05, 3.63) is 99.5 Å². The Kier molecular flexibility index (Phi) is 9.85. The number of hydrogen-bond acceptors (Lipinski definition) is 9. The van der Waals surface area contributed by atoms with Crippen molar-refractivity contribution in [3.8, 4) is 0 Å². The van der Waals surface area contributed by atoms with E-state index in [0.29, 0.717) is 23.1 Å². The van der Waals surface area contributed by atoms with Crippen LogP contribution in [0.4, 0.5) is 5.69 Å². The van der Waals surface area contributed by atoms with Crippen molar-refractivity contribution in [2.75, 3.05) is 30.3 Å². The molecule has 0 spiro atoms. The van der Waals surface area contributed by atoms with Crippen LogP contribution in [-0.4, -0.2) is 102 Å². The molecule has 2 fully saturated rings. The summed E-state index contributed by atoms with van der Waals surface area (Å²) in [6.07, 6.45) is -4.98. The van der Waals surface area contributed by atoms with Gasteiger partial charge in [-0.15, -0.1) is 0 Å². The van der Waals surface area contributed by atoms with Crippen LogP contribution in [0, 0.1) is 0 Å². The normalized spacial score (nSPS) is 24.6. The maximum absolute atomic E-state index is 13.1. The van der Waals surface area contributed by atoms with Gasteiger partial charge in [-0.05, 0) is 53.6 Å². The number of nitrogens with one attached hydrogen (secondary N) is 1. The molecule has 0 radical (unpaired) electrons. The molecule has 0 bridgehead atoms. The van der Waals surface area contributed by atoms with Gasteiger partial charge in [0, 0.05) is 28.7 Å². The Morgan fingerprint density at radius 2 is 1.55 bits per heavy atom. The van der Waals surface area contributed by atoms with Gasteiger partial charge in [0.2, 0.25) is 10.0 Å². The third kappa shape index (κ3) is 6.89. The zero-order valence-corrected chi connectivity index (χ0v) is 25.9. The predicted octanol–water partition coefficient (Wildman–Crippen LogP) is 1.76. The zero-order valence-electron chi connectivity index (χ0n) is 23.6. The third-order valence-electron chi connectivity index (χ3n) is 7.88. The monoisotopic (exact) mass is 665 g/mol. The number of hydrogen-bond donors (Lipinski definition) is 5. The minimum Gasteiger partial charge on any atom is -0.394 e. The number of nitrogens with zero attached hydrogens (tertiary/aromatic N) is 2. The number of sulfonamides is 1. The minimum absolute atomic E-state index is 0.0608. The van der Waals surface area contributed by atoms with Gasteiger partial charge < -0.3 is 30.5 Å². The molecule has 5 rings (SSSR count). The number of carbonyl (C=O) groups excluding carboxylic acids is 1. The van der Waals surface area contributed by atoms with E-state index in [1.54, 1.807) is 30.3 Å². The first-order valence-corrected chi connectivity index (χ1v) is 16.4. The topological polar surface area (TPSA) is 160 Å². The fourth-order valence-electron chi connectivity index (χ4n) is 5.70. The van der Waals surface area contributed by atoms with Crippen LogP contribution in [0.5, 0.6) is 0 Å². The van der Waals surface area contributed by atoms with Crippen LogP contribution in [0.15, 0.2) is 72.8 Å². The van der Waals surface area contributed by atoms with Crippen LogP contribution in [-0.2, 0) is 14.8 Å². The van der Waals surface area contributed by atoms with E-state index in [-0.39, 0.29) is 17.3 Å². The van der Waals surface area contributed by atoms with Crippen molar-refractivity contribution in [1.82, 2.24) is 10.2 Å². The van der Waals surface area contributed by atoms with Gasteiger partial charge in [0.1, 0.15) is 24.4 Å². The smallest absolute Gasteiger partial charge is 0.251 e. The number of carbonyl (C=O) groups is 1. The summed E-state index contributed by atoms with van der Waals surface area (Å²) in [5.74, 6) is -0.734. The Morgan fingerprint density at radius 3 is 2.07 bits per heavy atom. The molecule has 44 heavy (non-hydrogen) atoms. The molecule has 5 atom stereocenters. The number of aliphatic hydroxyl groups is 4. The lowest BCUT2D eigenvalue weighted by molar-refractivity contribution is -0.252. The summed E-state index contributed by atoms with van der Waals surface area (Å²) in [4.78, 5) is 15.3. The largest absolute Gasteiger partial charge is 0.394 e. The van der Waals surface area contributed by atoms with E-state index in [9.17, 15) is 33.6 Å². The van der Waals surface area contributed by atoms with Gasteiger partial charge >= 0.3 is 0 Å². The lowest BCUT2D eigenvalue weighted by Crippen LogP contribution is -2.64. The van der Waals surface area contributed by atoms with Gasteiger partial charge in [0.25, 0.3) is 5.91 Å². The molecule has 14 heteroatoms. The average molecular weight is 667 g/mol. The number of benzene rings is 3. The summed E-state index contributed by atoms with van der Waals surface area (Å²) in [7, 11) is -3.79. The van der Waals surface area contributed by atoms with E-state index in [2.05, 4.69) is 10.2 Å². The fourth-order valence-corrected chi connectivity index (χ4v) is 7.12. The maximum atomic E-state index is 13.1. The van der Waals surface area contributed by atoms with E-state index in [1.165, 1.54) is 22.5 Å². The van der Waals surface area contributed by atoms with E-state index in [1.807, 2.05) is 24.3 Å². The van der Waals surface area contributed by atoms with Gasteiger partial charge in [0.05, 0.1) is 30.6 Å². The van der Waals surface area contributed by atoms with Crippen LogP contribution < -0.4 is 9.62 Å². The van der Waals surface area contributed by atoms with E-state index < -0.39 is 59.2 Å². The molecule has 3 aromatic carbocycles. The molecule has 0 aliphatic carbocycles. The summed E-state index contributed by atoms with van der Waals surface area (Å²) in [5.41, 5.74) is 2.28. The van der Waals surface area contributed by atoms with Gasteiger partial charge in [-0.3, -0.25) is 14.0 Å². The molecular formula is C30H33Cl2N3O8S. The van der Waals surface area contributed by atoms with E-state index in [4.69, 9.17) is 27.9 Å². The van der Waals surface area contributed by atoms with Crippen LogP contribution in [0.25, 0.3) is 0 Å². The first-order valence-electron chi connectivity index (χ1n) is 13.8. The Labute approximate surface area is 265 Å². The number of ether oxygens (including phenoxy) is 1. The number of likely N-dealkylation sites (tertiary alicyclic amines) is 1. The highest BCUT2D eigenvalue weighted by Gasteiger charge is 2.45. The molecule has 0 saturated carbocycles. The van der Waals surface area contributed by atoms with Gasteiger partial charge in [0.15, 0.2) is 6.29 Å². The van der Waals surface area contributed by atoms with Crippen LogP contribution in [0.3, 0.4) is 0 Å². The van der Waals surface area contributed by atoms with E-state index >= 15 is 0 Å². The number of halogens is 2. The first kappa shape index (κ1) is 32.6. The Bertz CT molecular complexity index is 1530. The molecule has 0 aromatic heterocycles. The number of aliphatic hydroxyl groups excluding tert-OH is 4. The van der Waals surface area contributed by atoms with Crippen molar-refractivity contribution >= 4 is 44.8 Å². The Balaban J connectivity index is 1.36. The molecule has 236 valence electrons. The quantitative estimate of drug-likeness (QED) is 0.230. The molecule has 2 heterocycles. The van der Waals surface area contributed by atoms with Gasteiger partial charge in [-0.25, -0.2) is 8.42 Å². The fraction of sp³-hybridized carbons (Fsp3) is 0.367. The van der Waals surface area contributed by atoms with Crippen LogP contribution >= 0.6 is 23.2 Å². The SMILES string of the molecule is CS(=O)(=O)N(c1cccc(C(=O)N[C@@H]2[C@@H](O)[C@H](O)[C@@H](CO)O[C@H]2O)c1)C1CN(C(c2ccc(Cl)cc2)c2ccc(Cl)cc2)C1. The lowest BCUT2D eigenvalue weighted by Gasteiger charge is -2.48. The Morgan fingerprint density at radius 1 is 0.977 bits per heavy atom. The molecule has 2 saturated heterocycles. The van der Waals surface area contributed by atoms with Crippen LogP contribution in [0.2, 0.25) is 10.0 Å². The molecule has 2 aliphatic rings. The zero-order chi connectivity index (χ0) is 31.8. The minimum atomic E-state index is -3.79. The molecule has 5 N–H and O–H groups in total. The third-order valence-corrected chi connectivity index (χ3v) is 9.60. The van der Waals surface area contributed by atoms with Crippen molar-refractivity contribution < 1.29 is 38.4 Å². The van der Waals surface area contributed by atoms with Crippen molar-refractivity contribution in [2.45, 2.75) is 42.7 Å². The molecule has 2 aliphatic heterocycles. The highest BCUT2D eigenvalue weighted by atomic mass is 35.5. The number of anilines is 1. The molecule has 1 amide bonds.